The first-order valence-electron chi connectivity index (χ1n) is 5.55. The van der Waals surface area contributed by atoms with Gasteiger partial charge in [-0.1, -0.05) is 24.3 Å². The lowest BCUT2D eigenvalue weighted by molar-refractivity contribution is -0.383. The fraction of sp³-hybridized carbons (Fsp3) is 0. The molecule has 19 heavy (non-hydrogen) atoms. The normalized spacial score (nSPS) is 10.7. The van der Waals surface area contributed by atoms with Crippen LogP contribution in [0.4, 0.5) is 11.4 Å². The van der Waals surface area contributed by atoms with E-state index in [0.29, 0.717) is 16.6 Å². The lowest BCUT2D eigenvalue weighted by atomic mass is 10.1. The van der Waals surface area contributed by atoms with Gasteiger partial charge >= 0.3 is 5.69 Å². The summed E-state index contributed by atoms with van der Waals surface area (Å²) in [4.78, 5) is 15.9. The molecule has 0 saturated heterocycles. The van der Waals surface area contributed by atoms with Crippen molar-refractivity contribution in [1.82, 2.24) is 4.98 Å². The quantitative estimate of drug-likeness (QED) is 0.571. The van der Waals surface area contributed by atoms with E-state index in [9.17, 15) is 10.1 Å². The molecule has 1 aromatic carbocycles. The third-order valence-electron chi connectivity index (χ3n) is 2.84. The first-order chi connectivity index (χ1) is 9.18. The number of benzene rings is 1. The van der Waals surface area contributed by atoms with Crippen LogP contribution >= 0.6 is 11.3 Å². The smallest absolute Gasteiger partial charge is 0.319 e. The van der Waals surface area contributed by atoms with Gasteiger partial charge in [0.15, 0.2) is 5.69 Å². The van der Waals surface area contributed by atoms with E-state index in [1.165, 1.54) is 11.3 Å². The molecule has 2 heterocycles. The second kappa shape index (κ2) is 4.33. The average molecular weight is 271 g/mol. The molecule has 0 radical (unpaired) electrons. The molecule has 0 amide bonds. The van der Waals surface area contributed by atoms with E-state index in [1.54, 1.807) is 24.3 Å². The second-order valence-electron chi connectivity index (χ2n) is 3.97. The zero-order chi connectivity index (χ0) is 13.4. The average Bonchev–Trinajstić information content (AvgIpc) is 2.92. The van der Waals surface area contributed by atoms with Crippen LogP contribution in [0.3, 0.4) is 0 Å². The Bertz CT molecular complexity index is 769. The molecular weight excluding hydrogens is 262 g/mol. The molecule has 3 rings (SSSR count). The monoisotopic (exact) mass is 271 g/mol. The largest absolute Gasteiger partial charge is 0.393 e. The summed E-state index contributed by atoms with van der Waals surface area (Å²) < 4.78 is 0. The third kappa shape index (κ3) is 1.82. The molecule has 0 fully saturated rings. The lowest BCUT2D eigenvalue weighted by Crippen LogP contribution is -2.01. The van der Waals surface area contributed by atoms with Gasteiger partial charge < -0.3 is 5.73 Å². The van der Waals surface area contributed by atoms with Gasteiger partial charge in [-0.25, -0.2) is 4.98 Å². The Hall–Kier alpha value is -2.47. The number of aromatic nitrogens is 1. The summed E-state index contributed by atoms with van der Waals surface area (Å²) in [5.74, 6) is 0. The number of nitrogen functional groups attached to an aromatic ring is 1. The first-order valence-corrected chi connectivity index (χ1v) is 6.43. The van der Waals surface area contributed by atoms with Crippen molar-refractivity contribution in [2.75, 3.05) is 5.73 Å². The van der Waals surface area contributed by atoms with E-state index in [2.05, 4.69) is 4.98 Å². The summed E-state index contributed by atoms with van der Waals surface area (Å²) in [5, 5.41) is 13.7. The van der Waals surface area contributed by atoms with E-state index in [-0.39, 0.29) is 11.4 Å². The highest BCUT2D eigenvalue weighted by Crippen LogP contribution is 2.39. The Morgan fingerprint density at radius 3 is 2.68 bits per heavy atom. The number of para-hydroxylation sites is 1. The minimum absolute atomic E-state index is 0.124. The number of pyridine rings is 1. The van der Waals surface area contributed by atoms with Gasteiger partial charge in [0.2, 0.25) is 0 Å². The van der Waals surface area contributed by atoms with E-state index in [0.717, 1.165) is 4.88 Å². The Kier molecular flexibility index (Phi) is 2.64. The van der Waals surface area contributed by atoms with Crippen molar-refractivity contribution in [3.8, 4) is 10.6 Å². The number of hydrogen-bond acceptors (Lipinski definition) is 5. The number of thiophene rings is 1. The van der Waals surface area contributed by atoms with Gasteiger partial charge in [0, 0.05) is 5.39 Å². The Morgan fingerprint density at radius 2 is 2.00 bits per heavy atom. The SMILES string of the molecule is Nc1c([N+](=O)[O-])c(-c2cccs2)nc2ccccc12. The van der Waals surface area contributed by atoms with Gasteiger partial charge in [-0.3, -0.25) is 10.1 Å². The number of fused-ring (bicyclic) bond motifs is 1. The highest BCUT2D eigenvalue weighted by atomic mass is 32.1. The summed E-state index contributed by atoms with van der Waals surface area (Å²) in [5.41, 5.74) is 6.98. The molecule has 0 unspecified atom stereocenters. The van der Waals surface area contributed by atoms with Crippen molar-refractivity contribution in [2.45, 2.75) is 0 Å². The van der Waals surface area contributed by atoms with Crippen molar-refractivity contribution < 1.29 is 4.92 Å². The standard InChI is InChI=1S/C13H9N3O2S/c14-11-8-4-1-2-5-9(8)15-12(13(11)16(17)18)10-6-3-7-19-10/h1-7H,(H2,14,15). The number of nitrogens with two attached hydrogens (primary N) is 1. The minimum atomic E-state index is -0.468. The molecule has 0 spiro atoms. The third-order valence-corrected chi connectivity index (χ3v) is 3.72. The van der Waals surface area contributed by atoms with E-state index in [4.69, 9.17) is 5.73 Å². The minimum Gasteiger partial charge on any atom is -0.393 e. The van der Waals surface area contributed by atoms with Crippen LogP contribution in [-0.2, 0) is 0 Å². The Labute approximate surface area is 112 Å². The van der Waals surface area contributed by atoms with Crippen LogP contribution in [0.15, 0.2) is 41.8 Å². The van der Waals surface area contributed by atoms with Crippen molar-refractivity contribution in [3.63, 3.8) is 0 Å². The van der Waals surface area contributed by atoms with Crippen LogP contribution in [-0.4, -0.2) is 9.91 Å². The van der Waals surface area contributed by atoms with E-state index >= 15 is 0 Å². The maximum absolute atomic E-state index is 11.3. The highest BCUT2D eigenvalue weighted by Gasteiger charge is 2.24. The fourth-order valence-electron chi connectivity index (χ4n) is 2.00. The van der Waals surface area contributed by atoms with Crippen LogP contribution in [0, 0.1) is 10.1 Å². The number of nitrogens with zero attached hydrogens (tertiary/aromatic N) is 2. The van der Waals surface area contributed by atoms with Crippen LogP contribution in [0.25, 0.3) is 21.5 Å². The molecule has 0 aliphatic heterocycles. The number of nitro groups is 1. The summed E-state index contributed by atoms with van der Waals surface area (Å²) in [7, 11) is 0. The maximum atomic E-state index is 11.3. The first kappa shape index (κ1) is 11.6. The van der Waals surface area contributed by atoms with Crippen LogP contribution in [0.5, 0.6) is 0 Å². The van der Waals surface area contributed by atoms with Gasteiger partial charge in [0.05, 0.1) is 15.3 Å². The molecule has 0 atom stereocenters. The number of rotatable bonds is 2. The molecule has 2 aromatic heterocycles. The zero-order valence-electron chi connectivity index (χ0n) is 9.74. The molecule has 94 valence electrons. The highest BCUT2D eigenvalue weighted by molar-refractivity contribution is 7.13. The Morgan fingerprint density at radius 1 is 1.21 bits per heavy atom. The second-order valence-corrected chi connectivity index (χ2v) is 4.92. The zero-order valence-corrected chi connectivity index (χ0v) is 10.6. The fourth-order valence-corrected chi connectivity index (χ4v) is 2.71. The van der Waals surface area contributed by atoms with Gasteiger partial charge in [-0.05, 0) is 17.5 Å². The molecule has 0 saturated carbocycles. The molecule has 3 aromatic rings. The summed E-state index contributed by atoms with van der Waals surface area (Å²) in [6.45, 7) is 0. The maximum Gasteiger partial charge on any atom is 0.319 e. The summed E-state index contributed by atoms with van der Waals surface area (Å²) in [6, 6.07) is 10.8. The van der Waals surface area contributed by atoms with Gasteiger partial charge in [0.25, 0.3) is 0 Å². The van der Waals surface area contributed by atoms with Gasteiger partial charge in [-0.15, -0.1) is 11.3 Å². The molecule has 0 aliphatic carbocycles. The number of anilines is 1. The van der Waals surface area contributed by atoms with Crippen molar-refractivity contribution in [1.29, 1.82) is 0 Å². The molecule has 0 bridgehead atoms. The molecular formula is C13H9N3O2S. The molecule has 5 nitrogen and oxygen atoms in total. The Balaban J connectivity index is 2.43. The molecule has 6 heteroatoms. The van der Waals surface area contributed by atoms with Gasteiger partial charge in [-0.2, -0.15) is 0 Å². The van der Waals surface area contributed by atoms with Crippen molar-refractivity contribution >= 4 is 33.6 Å². The predicted octanol–water partition coefficient (Wildman–Crippen LogP) is 3.45. The van der Waals surface area contributed by atoms with Gasteiger partial charge in [0.1, 0.15) is 5.69 Å². The predicted molar refractivity (Wildman–Crippen MR) is 76.1 cm³/mol. The topological polar surface area (TPSA) is 82.0 Å². The van der Waals surface area contributed by atoms with Crippen LogP contribution in [0.1, 0.15) is 0 Å². The van der Waals surface area contributed by atoms with Crippen molar-refractivity contribution in [3.05, 3.63) is 51.9 Å². The number of hydrogen-bond donors (Lipinski definition) is 1. The van der Waals surface area contributed by atoms with E-state index < -0.39 is 4.92 Å². The van der Waals surface area contributed by atoms with Crippen molar-refractivity contribution in [2.24, 2.45) is 0 Å². The lowest BCUT2D eigenvalue weighted by Gasteiger charge is -2.06. The van der Waals surface area contributed by atoms with Crippen LogP contribution < -0.4 is 5.73 Å². The van der Waals surface area contributed by atoms with E-state index in [1.807, 2.05) is 17.5 Å². The molecule has 0 aliphatic rings. The summed E-state index contributed by atoms with van der Waals surface area (Å²) >= 11 is 1.40. The van der Waals surface area contributed by atoms with Crippen LogP contribution in [0.2, 0.25) is 0 Å². The molecule has 2 N–H and O–H groups in total. The summed E-state index contributed by atoms with van der Waals surface area (Å²) in [6.07, 6.45) is 0.